The summed E-state index contributed by atoms with van der Waals surface area (Å²) in [6.45, 7) is 0.888. The largest absolute Gasteiger partial charge is 0.497 e. The Hall–Kier alpha value is -3.15. The molecular weight excluding hydrogens is 368 g/mol. The van der Waals surface area contributed by atoms with Crippen LogP contribution in [-0.4, -0.2) is 42.8 Å². The smallest absolute Gasteiger partial charge is 0.261 e. The molecule has 0 aliphatic carbocycles. The minimum absolute atomic E-state index is 0.0499. The third kappa shape index (κ3) is 5.22. The van der Waals surface area contributed by atoms with Gasteiger partial charge in [-0.15, -0.1) is 0 Å². The molecule has 0 saturated carbocycles. The Morgan fingerprint density at radius 3 is 2.21 bits per heavy atom. The van der Waals surface area contributed by atoms with Gasteiger partial charge in [0.05, 0.1) is 18.2 Å². The number of imide groups is 1. The Morgan fingerprint density at radius 1 is 0.931 bits per heavy atom. The number of benzene rings is 2. The highest BCUT2D eigenvalue weighted by molar-refractivity contribution is 6.21. The summed E-state index contributed by atoms with van der Waals surface area (Å²) in [4.78, 5) is 37.8. The van der Waals surface area contributed by atoms with Gasteiger partial charge in [-0.2, -0.15) is 0 Å². The number of nitrogens with zero attached hydrogens (tertiary/aromatic N) is 1. The lowest BCUT2D eigenvalue weighted by Gasteiger charge is -2.13. The first-order valence-electron chi connectivity index (χ1n) is 9.95. The molecule has 3 amide bonds. The Bertz CT molecular complexity index is 842. The van der Waals surface area contributed by atoms with Crippen molar-refractivity contribution in [2.75, 3.05) is 20.2 Å². The first-order chi connectivity index (χ1) is 14.1. The number of methoxy groups -OCH3 is 1. The highest BCUT2D eigenvalue weighted by Crippen LogP contribution is 2.22. The van der Waals surface area contributed by atoms with Gasteiger partial charge >= 0.3 is 0 Å². The fourth-order valence-corrected chi connectivity index (χ4v) is 3.40. The van der Waals surface area contributed by atoms with Gasteiger partial charge in [0.2, 0.25) is 5.91 Å². The Labute approximate surface area is 170 Å². The third-order valence-electron chi connectivity index (χ3n) is 5.04. The van der Waals surface area contributed by atoms with E-state index >= 15 is 0 Å². The molecule has 1 N–H and O–H groups in total. The van der Waals surface area contributed by atoms with Crippen LogP contribution in [0.5, 0.6) is 5.75 Å². The lowest BCUT2D eigenvalue weighted by atomic mass is 10.1. The summed E-state index contributed by atoms with van der Waals surface area (Å²) in [5.41, 5.74) is 2.13. The third-order valence-corrected chi connectivity index (χ3v) is 5.04. The van der Waals surface area contributed by atoms with Crippen molar-refractivity contribution in [3.8, 4) is 5.75 Å². The van der Waals surface area contributed by atoms with Crippen LogP contribution in [0.2, 0.25) is 0 Å². The predicted molar refractivity (Wildman–Crippen MR) is 110 cm³/mol. The zero-order chi connectivity index (χ0) is 20.6. The van der Waals surface area contributed by atoms with Gasteiger partial charge in [-0.3, -0.25) is 19.3 Å². The molecule has 0 spiro atoms. The molecule has 2 aromatic rings. The number of nitrogens with one attached hydrogen (secondary N) is 1. The number of hydrogen-bond acceptors (Lipinski definition) is 4. The predicted octanol–water partition coefficient (Wildman–Crippen LogP) is 3.21. The SMILES string of the molecule is COc1ccc(CCCCNC(=O)CCCN2C(=O)c3ccccc3C2=O)cc1. The van der Waals surface area contributed by atoms with Crippen molar-refractivity contribution < 1.29 is 19.1 Å². The number of carbonyl (C=O) groups excluding carboxylic acids is 3. The fraction of sp³-hybridized carbons (Fsp3) is 0.348. The maximum Gasteiger partial charge on any atom is 0.261 e. The Morgan fingerprint density at radius 2 is 1.59 bits per heavy atom. The van der Waals surface area contributed by atoms with E-state index in [9.17, 15) is 14.4 Å². The molecule has 0 aromatic heterocycles. The molecule has 0 saturated heterocycles. The molecule has 29 heavy (non-hydrogen) atoms. The molecule has 1 aliphatic heterocycles. The number of fused-ring (bicyclic) bond motifs is 1. The van der Waals surface area contributed by atoms with E-state index in [0.29, 0.717) is 30.5 Å². The van der Waals surface area contributed by atoms with Crippen molar-refractivity contribution in [1.29, 1.82) is 0 Å². The first-order valence-corrected chi connectivity index (χ1v) is 9.95. The lowest BCUT2D eigenvalue weighted by molar-refractivity contribution is -0.121. The van der Waals surface area contributed by atoms with Crippen LogP contribution in [0.3, 0.4) is 0 Å². The van der Waals surface area contributed by atoms with Crippen LogP contribution in [0, 0.1) is 0 Å². The van der Waals surface area contributed by atoms with Crippen LogP contribution in [0.4, 0.5) is 0 Å². The molecule has 0 unspecified atom stereocenters. The van der Waals surface area contributed by atoms with Crippen LogP contribution in [0.15, 0.2) is 48.5 Å². The van der Waals surface area contributed by atoms with Gasteiger partial charge in [0.15, 0.2) is 0 Å². The van der Waals surface area contributed by atoms with Gasteiger partial charge in [-0.1, -0.05) is 24.3 Å². The van der Waals surface area contributed by atoms with Crippen LogP contribution in [0.1, 0.15) is 52.0 Å². The summed E-state index contributed by atoms with van der Waals surface area (Å²) in [7, 11) is 1.65. The van der Waals surface area contributed by atoms with Crippen LogP contribution >= 0.6 is 0 Å². The minimum Gasteiger partial charge on any atom is -0.497 e. The van der Waals surface area contributed by atoms with Crippen molar-refractivity contribution in [2.24, 2.45) is 0 Å². The van der Waals surface area contributed by atoms with E-state index in [1.165, 1.54) is 10.5 Å². The summed E-state index contributed by atoms with van der Waals surface area (Å²) >= 11 is 0. The van der Waals surface area contributed by atoms with Gasteiger partial charge in [0, 0.05) is 19.5 Å². The first kappa shape index (κ1) is 20.6. The minimum atomic E-state index is -0.274. The van der Waals surface area contributed by atoms with Gasteiger partial charge in [-0.05, 0) is 55.5 Å². The van der Waals surface area contributed by atoms with E-state index in [-0.39, 0.29) is 24.3 Å². The number of ether oxygens (including phenoxy) is 1. The normalized spacial score (nSPS) is 12.8. The molecule has 6 nitrogen and oxygen atoms in total. The lowest BCUT2D eigenvalue weighted by Crippen LogP contribution is -2.32. The molecule has 3 rings (SSSR count). The van der Waals surface area contributed by atoms with E-state index < -0.39 is 0 Å². The van der Waals surface area contributed by atoms with E-state index in [0.717, 1.165) is 25.0 Å². The second-order valence-electron chi connectivity index (χ2n) is 7.07. The molecule has 1 aliphatic rings. The van der Waals surface area contributed by atoms with Crippen LogP contribution in [0.25, 0.3) is 0 Å². The summed E-state index contributed by atoms with van der Waals surface area (Å²) in [5.74, 6) is 0.252. The molecule has 0 bridgehead atoms. The van der Waals surface area contributed by atoms with Crippen molar-refractivity contribution in [3.05, 3.63) is 65.2 Å². The van der Waals surface area contributed by atoms with Crippen LogP contribution < -0.4 is 10.1 Å². The average Bonchev–Trinajstić information content (AvgIpc) is 2.99. The maximum atomic E-state index is 12.3. The van der Waals surface area contributed by atoms with E-state index in [4.69, 9.17) is 4.74 Å². The van der Waals surface area contributed by atoms with Gasteiger partial charge in [-0.25, -0.2) is 0 Å². The van der Waals surface area contributed by atoms with Crippen molar-refractivity contribution >= 4 is 17.7 Å². The zero-order valence-corrected chi connectivity index (χ0v) is 16.6. The molecule has 0 radical (unpaired) electrons. The number of hydrogen-bond donors (Lipinski definition) is 1. The van der Waals surface area contributed by atoms with Gasteiger partial charge in [0.1, 0.15) is 5.75 Å². The standard InChI is InChI=1S/C23H26N2O4/c1-29-18-13-11-17(12-14-18)7-4-5-15-24-21(26)10-6-16-25-22(27)19-8-2-3-9-20(19)23(25)28/h2-3,8-9,11-14H,4-7,10,15-16H2,1H3,(H,24,26). The monoisotopic (exact) mass is 394 g/mol. The Balaban J connectivity index is 1.30. The van der Waals surface area contributed by atoms with Crippen molar-refractivity contribution in [1.82, 2.24) is 10.2 Å². The molecular formula is C23H26N2O4. The Kier molecular flexibility index (Phi) is 7.00. The van der Waals surface area contributed by atoms with Crippen LogP contribution in [-0.2, 0) is 11.2 Å². The van der Waals surface area contributed by atoms with Gasteiger partial charge < -0.3 is 10.1 Å². The molecule has 6 heteroatoms. The maximum absolute atomic E-state index is 12.3. The number of carbonyl (C=O) groups is 3. The quantitative estimate of drug-likeness (QED) is 0.496. The highest BCUT2D eigenvalue weighted by atomic mass is 16.5. The summed E-state index contributed by atoms with van der Waals surface area (Å²) in [6, 6.07) is 14.8. The molecule has 152 valence electrons. The number of amides is 3. The zero-order valence-electron chi connectivity index (χ0n) is 16.6. The van der Waals surface area contributed by atoms with E-state index in [2.05, 4.69) is 17.4 Å². The molecule has 0 fully saturated rings. The fourth-order valence-electron chi connectivity index (χ4n) is 3.40. The van der Waals surface area contributed by atoms with Gasteiger partial charge in [0.25, 0.3) is 11.8 Å². The highest BCUT2D eigenvalue weighted by Gasteiger charge is 2.34. The number of rotatable bonds is 10. The average molecular weight is 394 g/mol. The molecule has 1 heterocycles. The summed E-state index contributed by atoms with van der Waals surface area (Å²) in [5, 5.41) is 2.90. The van der Waals surface area contributed by atoms with E-state index in [1.54, 1.807) is 31.4 Å². The number of unbranched alkanes of at least 4 members (excludes halogenated alkanes) is 1. The topological polar surface area (TPSA) is 75.7 Å². The second kappa shape index (κ2) is 9.87. The summed E-state index contributed by atoms with van der Waals surface area (Å²) in [6.07, 6.45) is 3.60. The van der Waals surface area contributed by atoms with Crippen molar-refractivity contribution in [3.63, 3.8) is 0 Å². The molecule has 0 atom stereocenters. The van der Waals surface area contributed by atoms with E-state index in [1.807, 2.05) is 12.1 Å². The second-order valence-corrected chi connectivity index (χ2v) is 7.07. The number of aryl methyl sites for hydroxylation is 1. The molecule has 2 aromatic carbocycles. The summed E-state index contributed by atoms with van der Waals surface area (Å²) < 4.78 is 5.14. The van der Waals surface area contributed by atoms with Crippen molar-refractivity contribution in [2.45, 2.75) is 32.1 Å².